The second-order valence-corrected chi connectivity index (χ2v) is 3.63. The number of nitrogens with one attached hydrogen (secondary N) is 1. The monoisotopic (exact) mass is 235 g/mol. The summed E-state index contributed by atoms with van der Waals surface area (Å²) in [5.41, 5.74) is 1.02. The zero-order valence-corrected chi connectivity index (χ0v) is 8.87. The maximum Gasteiger partial charge on any atom is 0.389 e. The fourth-order valence-electron chi connectivity index (χ4n) is 1.28. The van der Waals surface area contributed by atoms with Crippen molar-refractivity contribution in [2.24, 2.45) is 0 Å². The van der Waals surface area contributed by atoms with E-state index in [2.05, 4.69) is 5.32 Å². The third kappa shape index (κ3) is 4.51. The van der Waals surface area contributed by atoms with Crippen LogP contribution in [0.4, 0.5) is 23.2 Å². The number of hydrogen-bond donors (Lipinski definition) is 1. The summed E-state index contributed by atoms with van der Waals surface area (Å²) in [6, 6.07) is 4.57. The number of rotatable bonds is 4. The Kier molecular flexibility index (Phi) is 4.15. The first kappa shape index (κ1) is 12.8. The summed E-state index contributed by atoms with van der Waals surface area (Å²) in [6.45, 7) is 1.86. The van der Waals surface area contributed by atoms with Gasteiger partial charge in [0, 0.05) is 13.0 Å². The van der Waals surface area contributed by atoms with Gasteiger partial charge in [0.05, 0.1) is 5.69 Å². The van der Waals surface area contributed by atoms with Gasteiger partial charge in [0.2, 0.25) is 0 Å². The minimum atomic E-state index is -4.15. The highest BCUT2D eigenvalue weighted by atomic mass is 19.4. The molecular weight excluding hydrogens is 222 g/mol. The van der Waals surface area contributed by atoms with Crippen LogP contribution in [0.15, 0.2) is 18.2 Å². The lowest BCUT2D eigenvalue weighted by molar-refractivity contribution is -0.134. The highest BCUT2D eigenvalue weighted by molar-refractivity contribution is 5.45. The van der Waals surface area contributed by atoms with Crippen molar-refractivity contribution >= 4 is 5.69 Å². The Bertz CT molecular complexity index is 346. The summed E-state index contributed by atoms with van der Waals surface area (Å²) < 4.78 is 48.7. The highest BCUT2D eigenvalue weighted by Crippen LogP contribution is 2.21. The molecule has 1 nitrogen and oxygen atoms in total. The van der Waals surface area contributed by atoms with Gasteiger partial charge in [-0.2, -0.15) is 13.2 Å². The summed E-state index contributed by atoms with van der Waals surface area (Å²) in [7, 11) is 0. The van der Waals surface area contributed by atoms with Crippen molar-refractivity contribution in [2.45, 2.75) is 25.9 Å². The first-order valence-corrected chi connectivity index (χ1v) is 4.95. The van der Waals surface area contributed by atoms with Gasteiger partial charge in [0.15, 0.2) is 0 Å². The first-order chi connectivity index (χ1) is 7.38. The van der Waals surface area contributed by atoms with Crippen molar-refractivity contribution < 1.29 is 17.6 Å². The Morgan fingerprint density at radius 1 is 1.25 bits per heavy atom. The van der Waals surface area contributed by atoms with Crippen molar-refractivity contribution in [3.63, 3.8) is 0 Å². The molecule has 1 aromatic rings. The van der Waals surface area contributed by atoms with Crippen LogP contribution in [0.1, 0.15) is 18.4 Å². The summed E-state index contributed by atoms with van der Waals surface area (Å²) in [4.78, 5) is 0. The van der Waals surface area contributed by atoms with E-state index in [-0.39, 0.29) is 18.7 Å². The van der Waals surface area contributed by atoms with Crippen LogP contribution in [0.5, 0.6) is 0 Å². The second-order valence-electron chi connectivity index (χ2n) is 3.63. The quantitative estimate of drug-likeness (QED) is 0.616. The van der Waals surface area contributed by atoms with Crippen molar-refractivity contribution in [3.8, 4) is 0 Å². The van der Waals surface area contributed by atoms with Crippen molar-refractivity contribution in [1.82, 2.24) is 0 Å². The smallest absolute Gasteiger partial charge is 0.383 e. The zero-order chi connectivity index (χ0) is 12.2. The molecular formula is C11H13F4N. The SMILES string of the molecule is Cc1ccc(NCCCC(F)(F)F)c(F)c1. The molecule has 0 spiro atoms. The molecule has 90 valence electrons. The lowest BCUT2D eigenvalue weighted by Gasteiger charge is -2.09. The van der Waals surface area contributed by atoms with E-state index in [0.717, 1.165) is 5.56 Å². The molecule has 0 aliphatic carbocycles. The minimum absolute atomic E-state index is 0.0587. The molecule has 1 N–H and O–H groups in total. The number of alkyl halides is 3. The maximum absolute atomic E-state index is 13.2. The molecule has 1 aromatic carbocycles. The van der Waals surface area contributed by atoms with E-state index in [4.69, 9.17) is 0 Å². The predicted octanol–water partition coefficient (Wildman–Crippen LogP) is 3.89. The predicted molar refractivity (Wildman–Crippen MR) is 54.9 cm³/mol. The molecule has 0 amide bonds. The third-order valence-electron chi connectivity index (χ3n) is 2.08. The minimum Gasteiger partial charge on any atom is -0.383 e. The van der Waals surface area contributed by atoms with E-state index in [1.54, 1.807) is 13.0 Å². The van der Waals surface area contributed by atoms with E-state index >= 15 is 0 Å². The van der Waals surface area contributed by atoms with E-state index in [1.807, 2.05) is 0 Å². The second kappa shape index (κ2) is 5.18. The van der Waals surface area contributed by atoms with E-state index in [0.29, 0.717) is 0 Å². The molecule has 0 heterocycles. The summed E-state index contributed by atoms with van der Waals surface area (Å²) >= 11 is 0. The molecule has 0 unspecified atom stereocenters. The first-order valence-electron chi connectivity index (χ1n) is 4.95. The molecule has 16 heavy (non-hydrogen) atoms. The molecule has 0 saturated carbocycles. The highest BCUT2D eigenvalue weighted by Gasteiger charge is 2.25. The lowest BCUT2D eigenvalue weighted by Crippen LogP contribution is -2.11. The number of benzene rings is 1. The summed E-state index contributed by atoms with van der Waals surface area (Å²) in [6.07, 6.45) is -5.06. The van der Waals surface area contributed by atoms with Gasteiger partial charge in [0.1, 0.15) is 5.82 Å². The van der Waals surface area contributed by atoms with E-state index in [1.165, 1.54) is 12.1 Å². The topological polar surface area (TPSA) is 12.0 Å². The normalized spacial score (nSPS) is 11.6. The number of anilines is 1. The van der Waals surface area contributed by atoms with Gasteiger partial charge in [0.25, 0.3) is 0 Å². The molecule has 1 rings (SSSR count). The molecule has 0 aliphatic heterocycles. The van der Waals surface area contributed by atoms with E-state index < -0.39 is 18.4 Å². The van der Waals surface area contributed by atoms with Gasteiger partial charge in [-0.15, -0.1) is 0 Å². The van der Waals surface area contributed by atoms with E-state index in [9.17, 15) is 17.6 Å². The van der Waals surface area contributed by atoms with Crippen LogP contribution in [0.25, 0.3) is 0 Å². The fourth-order valence-corrected chi connectivity index (χ4v) is 1.28. The van der Waals surface area contributed by atoms with Gasteiger partial charge >= 0.3 is 6.18 Å². The van der Waals surface area contributed by atoms with Gasteiger partial charge in [-0.05, 0) is 31.0 Å². The third-order valence-corrected chi connectivity index (χ3v) is 2.08. The Balaban J connectivity index is 2.38. The number of aryl methyl sites for hydroxylation is 1. The Labute approximate surface area is 91.5 Å². The largest absolute Gasteiger partial charge is 0.389 e. The van der Waals surface area contributed by atoms with Crippen LogP contribution in [0.3, 0.4) is 0 Å². The average molecular weight is 235 g/mol. The van der Waals surface area contributed by atoms with Crippen LogP contribution < -0.4 is 5.32 Å². The molecule has 0 aliphatic rings. The van der Waals surface area contributed by atoms with Gasteiger partial charge in [-0.25, -0.2) is 4.39 Å². The molecule has 0 radical (unpaired) electrons. The van der Waals surface area contributed by atoms with Gasteiger partial charge < -0.3 is 5.32 Å². The lowest BCUT2D eigenvalue weighted by atomic mass is 10.2. The number of halogens is 4. The van der Waals surface area contributed by atoms with Crippen molar-refractivity contribution in [2.75, 3.05) is 11.9 Å². The van der Waals surface area contributed by atoms with Crippen molar-refractivity contribution in [1.29, 1.82) is 0 Å². The Hall–Kier alpha value is -1.26. The summed E-state index contributed by atoms with van der Waals surface area (Å²) in [5.74, 6) is -0.438. The van der Waals surface area contributed by atoms with Crippen molar-refractivity contribution in [3.05, 3.63) is 29.6 Å². The van der Waals surface area contributed by atoms with Crippen LogP contribution in [0, 0.1) is 12.7 Å². The Morgan fingerprint density at radius 3 is 2.50 bits per heavy atom. The van der Waals surface area contributed by atoms with Crippen LogP contribution in [-0.4, -0.2) is 12.7 Å². The fraction of sp³-hybridized carbons (Fsp3) is 0.455. The molecule has 0 atom stereocenters. The molecule has 0 bridgehead atoms. The molecule has 0 aromatic heterocycles. The molecule has 0 fully saturated rings. The zero-order valence-electron chi connectivity index (χ0n) is 8.87. The van der Waals surface area contributed by atoms with Gasteiger partial charge in [-0.3, -0.25) is 0 Å². The van der Waals surface area contributed by atoms with Crippen LogP contribution in [-0.2, 0) is 0 Å². The average Bonchev–Trinajstić information content (AvgIpc) is 2.13. The molecule has 0 saturated heterocycles. The van der Waals surface area contributed by atoms with Crippen LogP contribution >= 0.6 is 0 Å². The number of hydrogen-bond acceptors (Lipinski definition) is 1. The summed E-state index contributed by atoms with van der Waals surface area (Å²) in [5, 5.41) is 2.64. The maximum atomic E-state index is 13.2. The van der Waals surface area contributed by atoms with Crippen LogP contribution in [0.2, 0.25) is 0 Å². The van der Waals surface area contributed by atoms with Gasteiger partial charge in [-0.1, -0.05) is 6.07 Å². The standard InChI is InChI=1S/C11H13F4N/c1-8-3-4-10(9(12)7-8)16-6-2-5-11(13,14)15/h3-4,7,16H,2,5-6H2,1H3. The molecule has 5 heteroatoms. The Morgan fingerprint density at radius 2 is 1.94 bits per heavy atom.